The van der Waals surface area contributed by atoms with Crippen molar-refractivity contribution in [3.8, 4) is 0 Å². The SMILES string of the molecule is CC(C)(O)c1ccc(C(=O)N2CCC3(c4ccccc4)CC3C2)cc1F.[HH]. The summed E-state index contributed by atoms with van der Waals surface area (Å²) in [6, 6.07) is 14.9. The second-order valence-electron chi connectivity index (χ2n) is 8.18. The van der Waals surface area contributed by atoms with Gasteiger partial charge in [0.15, 0.2) is 0 Å². The highest BCUT2D eigenvalue weighted by molar-refractivity contribution is 5.94. The molecule has 1 aliphatic heterocycles. The summed E-state index contributed by atoms with van der Waals surface area (Å²) in [4.78, 5) is 14.7. The van der Waals surface area contributed by atoms with Crippen molar-refractivity contribution in [3.05, 3.63) is 71.0 Å². The molecule has 1 amide bonds. The zero-order valence-corrected chi connectivity index (χ0v) is 15.2. The number of fused-ring (bicyclic) bond motifs is 1. The van der Waals surface area contributed by atoms with Crippen LogP contribution >= 0.6 is 0 Å². The van der Waals surface area contributed by atoms with Gasteiger partial charge in [0.2, 0.25) is 0 Å². The number of hydrogen-bond donors (Lipinski definition) is 1. The first-order chi connectivity index (χ1) is 12.3. The van der Waals surface area contributed by atoms with Gasteiger partial charge in [-0.1, -0.05) is 36.4 Å². The number of likely N-dealkylation sites (tertiary alicyclic amines) is 1. The Morgan fingerprint density at radius 3 is 2.62 bits per heavy atom. The van der Waals surface area contributed by atoms with Gasteiger partial charge in [0.25, 0.3) is 5.91 Å². The molecule has 0 aromatic heterocycles. The van der Waals surface area contributed by atoms with Crippen molar-refractivity contribution in [1.82, 2.24) is 4.90 Å². The van der Waals surface area contributed by atoms with Crippen molar-refractivity contribution in [2.24, 2.45) is 5.92 Å². The van der Waals surface area contributed by atoms with E-state index in [0.717, 1.165) is 19.4 Å². The Kier molecular flexibility index (Phi) is 3.92. The van der Waals surface area contributed by atoms with Gasteiger partial charge in [-0.15, -0.1) is 0 Å². The van der Waals surface area contributed by atoms with Crippen molar-refractivity contribution in [1.29, 1.82) is 0 Å². The van der Waals surface area contributed by atoms with E-state index in [-0.39, 0.29) is 18.3 Å². The lowest BCUT2D eigenvalue weighted by atomic mass is 9.87. The van der Waals surface area contributed by atoms with Crippen LogP contribution in [0.4, 0.5) is 4.39 Å². The molecule has 2 fully saturated rings. The minimum absolute atomic E-state index is 0. The molecule has 2 atom stereocenters. The van der Waals surface area contributed by atoms with Gasteiger partial charge in [-0.3, -0.25) is 4.79 Å². The standard InChI is InChI=1S/C22H24FNO2.H2/c1-21(2,26)18-9-8-15(12-19(18)23)20(25)24-11-10-22(13-17(22)14-24)16-6-4-3-5-7-16;/h3-9,12,17,26H,10-11,13-14H2,1-2H3;1H. The maximum atomic E-state index is 14.3. The van der Waals surface area contributed by atoms with Crippen LogP contribution in [0, 0.1) is 11.7 Å². The molecule has 1 aliphatic carbocycles. The smallest absolute Gasteiger partial charge is 0.253 e. The van der Waals surface area contributed by atoms with Crippen LogP contribution in [0.15, 0.2) is 48.5 Å². The largest absolute Gasteiger partial charge is 0.386 e. The van der Waals surface area contributed by atoms with Crippen LogP contribution in [0.25, 0.3) is 0 Å². The Bertz CT molecular complexity index is 849. The second-order valence-corrected chi connectivity index (χ2v) is 8.18. The highest BCUT2D eigenvalue weighted by atomic mass is 19.1. The molecule has 2 aliphatic rings. The van der Waals surface area contributed by atoms with E-state index in [1.807, 2.05) is 11.0 Å². The lowest BCUT2D eigenvalue weighted by Crippen LogP contribution is -2.40. The van der Waals surface area contributed by atoms with Crippen molar-refractivity contribution < 1.29 is 15.7 Å². The molecular weight excluding hydrogens is 329 g/mol. The minimum atomic E-state index is -1.26. The minimum Gasteiger partial charge on any atom is -0.386 e. The molecule has 1 saturated heterocycles. The first kappa shape index (κ1) is 17.2. The molecule has 0 radical (unpaired) electrons. The highest BCUT2D eigenvalue weighted by Crippen LogP contribution is 2.59. The predicted octanol–water partition coefficient (Wildman–Crippen LogP) is 4.10. The lowest BCUT2D eigenvalue weighted by Gasteiger charge is -2.32. The van der Waals surface area contributed by atoms with Crippen molar-refractivity contribution in [3.63, 3.8) is 0 Å². The summed E-state index contributed by atoms with van der Waals surface area (Å²) in [5.74, 6) is -0.173. The van der Waals surface area contributed by atoms with Crippen molar-refractivity contribution in [2.75, 3.05) is 13.1 Å². The number of amides is 1. The number of carbonyl (C=O) groups excluding carboxylic acids is 1. The van der Waals surface area contributed by atoms with Crippen LogP contribution in [0.2, 0.25) is 0 Å². The van der Waals surface area contributed by atoms with Gasteiger partial charge in [-0.25, -0.2) is 4.39 Å². The van der Waals surface area contributed by atoms with E-state index < -0.39 is 11.4 Å². The molecule has 2 aromatic carbocycles. The molecule has 1 heterocycles. The molecule has 0 spiro atoms. The number of benzene rings is 2. The fraction of sp³-hybridized carbons (Fsp3) is 0.409. The van der Waals surface area contributed by atoms with Gasteiger partial charge in [0.05, 0.1) is 5.60 Å². The zero-order valence-electron chi connectivity index (χ0n) is 15.2. The zero-order chi connectivity index (χ0) is 18.5. The van der Waals surface area contributed by atoms with Crippen LogP contribution in [-0.2, 0) is 11.0 Å². The van der Waals surface area contributed by atoms with Gasteiger partial charge in [-0.05, 0) is 50.3 Å². The highest BCUT2D eigenvalue weighted by Gasteiger charge is 2.57. The monoisotopic (exact) mass is 355 g/mol. The Morgan fingerprint density at radius 1 is 1.27 bits per heavy atom. The number of nitrogens with zero attached hydrogens (tertiary/aromatic N) is 1. The Morgan fingerprint density at radius 2 is 2.00 bits per heavy atom. The molecule has 2 unspecified atom stereocenters. The van der Waals surface area contributed by atoms with E-state index in [4.69, 9.17) is 0 Å². The Labute approximate surface area is 154 Å². The third-order valence-electron chi connectivity index (χ3n) is 6.01. The maximum Gasteiger partial charge on any atom is 0.253 e. The summed E-state index contributed by atoms with van der Waals surface area (Å²) in [5.41, 5.74) is 0.896. The number of piperidine rings is 1. The molecule has 1 saturated carbocycles. The molecule has 3 nitrogen and oxygen atoms in total. The second kappa shape index (κ2) is 5.92. The van der Waals surface area contributed by atoms with Gasteiger partial charge in [0, 0.05) is 31.1 Å². The van der Waals surface area contributed by atoms with Crippen LogP contribution < -0.4 is 0 Å². The number of hydrogen-bond acceptors (Lipinski definition) is 2. The van der Waals surface area contributed by atoms with Crippen LogP contribution in [-0.4, -0.2) is 29.0 Å². The average Bonchev–Trinajstić information content (AvgIpc) is 3.35. The summed E-state index contributed by atoms with van der Waals surface area (Å²) >= 11 is 0. The van der Waals surface area contributed by atoms with Crippen molar-refractivity contribution >= 4 is 5.91 Å². The molecule has 138 valence electrons. The molecule has 4 heteroatoms. The summed E-state index contributed by atoms with van der Waals surface area (Å²) in [7, 11) is 0. The first-order valence-electron chi connectivity index (χ1n) is 9.18. The summed E-state index contributed by atoms with van der Waals surface area (Å²) in [5, 5.41) is 9.99. The number of rotatable bonds is 3. The van der Waals surface area contributed by atoms with E-state index in [1.54, 1.807) is 6.07 Å². The number of aliphatic hydroxyl groups is 1. The van der Waals surface area contributed by atoms with Crippen LogP contribution in [0.5, 0.6) is 0 Å². The molecule has 1 N–H and O–H groups in total. The molecule has 0 bridgehead atoms. The summed E-state index contributed by atoms with van der Waals surface area (Å²) in [6.07, 6.45) is 2.07. The summed E-state index contributed by atoms with van der Waals surface area (Å²) < 4.78 is 14.3. The normalized spacial score (nSPS) is 24.9. The third kappa shape index (κ3) is 2.82. The van der Waals surface area contributed by atoms with E-state index in [0.29, 0.717) is 18.0 Å². The fourth-order valence-electron chi connectivity index (χ4n) is 4.40. The summed E-state index contributed by atoms with van der Waals surface area (Å²) in [6.45, 7) is 4.49. The van der Waals surface area contributed by atoms with Crippen LogP contribution in [0.3, 0.4) is 0 Å². The van der Waals surface area contributed by atoms with Gasteiger partial charge in [-0.2, -0.15) is 0 Å². The Balaban J connectivity index is 0.00000210. The van der Waals surface area contributed by atoms with Gasteiger partial charge in [0.1, 0.15) is 5.82 Å². The van der Waals surface area contributed by atoms with Crippen molar-refractivity contribution in [2.45, 2.75) is 37.7 Å². The topological polar surface area (TPSA) is 40.5 Å². The molecule has 4 rings (SSSR count). The Hall–Kier alpha value is -2.20. The lowest BCUT2D eigenvalue weighted by molar-refractivity contribution is 0.0695. The predicted molar refractivity (Wildman–Crippen MR) is 101 cm³/mol. The van der Waals surface area contributed by atoms with E-state index >= 15 is 0 Å². The molecule has 2 aromatic rings. The number of carbonyl (C=O) groups is 1. The number of halogens is 1. The first-order valence-corrected chi connectivity index (χ1v) is 9.18. The van der Waals surface area contributed by atoms with Gasteiger partial charge >= 0.3 is 0 Å². The van der Waals surface area contributed by atoms with E-state index in [1.165, 1.54) is 31.5 Å². The quantitative estimate of drug-likeness (QED) is 0.900. The van der Waals surface area contributed by atoms with Gasteiger partial charge < -0.3 is 10.0 Å². The molecular formula is C22H26FNO2. The fourth-order valence-corrected chi connectivity index (χ4v) is 4.40. The van der Waals surface area contributed by atoms with E-state index in [2.05, 4.69) is 24.3 Å². The maximum absolute atomic E-state index is 14.3. The molecule has 26 heavy (non-hydrogen) atoms. The van der Waals surface area contributed by atoms with E-state index in [9.17, 15) is 14.3 Å². The third-order valence-corrected chi connectivity index (χ3v) is 6.01. The van der Waals surface area contributed by atoms with Crippen LogP contribution in [0.1, 0.15) is 49.6 Å². The average molecular weight is 355 g/mol.